The molecule has 0 amide bonds. The van der Waals surface area contributed by atoms with Gasteiger partial charge in [0.1, 0.15) is 0 Å². The van der Waals surface area contributed by atoms with Crippen LogP contribution in [0.4, 0.5) is 0 Å². The second-order valence-electron chi connectivity index (χ2n) is 13.0. The van der Waals surface area contributed by atoms with Crippen LogP contribution in [0, 0.1) is 0 Å². The molecule has 52 heavy (non-hydrogen) atoms. The Morgan fingerprint density at radius 2 is 0.846 bits per heavy atom. The first-order valence-electron chi connectivity index (χ1n) is 17.5. The van der Waals surface area contributed by atoms with Crippen molar-refractivity contribution in [3.8, 4) is 56.3 Å². The summed E-state index contributed by atoms with van der Waals surface area (Å²) in [6.45, 7) is 0. The van der Waals surface area contributed by atoms with E-state index in [1.807, 2.05) is 42.5 Å². The van der Waals surface area contributed by atoms with Crippen LogP contribution >= 0.6 is 0 Å². The van der Waals surface area contributed by atoms with Gasteiger partial charge in [0.05, 0.1) is 33.6 Å². The van der Waals surface area contributed by atoms with Crippen molar-refractivity contribution in [3.05, 3.63) is 182 Å². The number of hydrogen-bond donors (Lipinski definition) is 0. The summed E-state index contributed by atoms with van der Waals surface area (Å²) in [6, 6.07) is 63.2. The molecule has 0 N–H and O–H groups in total. The van der Waals surface area contributed by atoms with Crippen LogP contribution in [0.5, 0.6) is 0 Å². The molecule has 3 aromatic heterocycles. The number of hydrogen-bond acceptors (Lipinski definition) is 4. The average molecular weight is 663 g/mol. The van der Waals surface area contributed by atoms with Crippen LogP contribution in [0.25, 0.3) is 99.8 Å². The summed E-state index contributed by atoms with van der Waals surface area (Å²) in [6.07, 6.45) is 0. The Morgan fingerprint density at radius 1 is 0.308 bits per heavy atom. The number of pyridine rings is 2. The van der Waals surface area contributed by atoms with Gasteiger partial charge in [-0.15, -0.1) is 0 Å². The van der Waals surface area contributed by atoms with Gasteiger partial charge >= 0.3 is 0 Å². The highest BCUT2D eigenvalue weighted by Gasteiger charge is 2.16. The lowest BCUT2D eigenvalue weighted by Gasteiger charge is -2.14. The summed E-state index contributed by atoms with van der Waals surface area (Å²) in [5, 5.41) is 5.46. The van der Waals surface area contributed by atoms with E-state index in [1.165, 1.54) is 0 Å². The standard InChI is InChI=1S/C48H30N4/c1-4-12-31(13-5-1)42-27-22-33-20-21-34-23-28-43(50-47(34)46(33)49-42)40-26-25-37(38-18-10-11-19-39(38)40)36-24-29-44-41(30-36)45(32-14-6-2-7-15-32)52-48(51-44)35-16-8-3-9-17-35/h1-30H. The third-order valence-electron chi connectivity index (χ3n) is 9.88. The number of rotatable bonds is 5. The first-order chi connectivity index (χ1) is 25.8. The summed E-state index contributed by atoms with van der Waals surface area (Å²) in [5.41, 5.74) is 12.0. The van der Waals surface area contributed by atoms with E-state index in [9.17, 15) is 0 Å². The van der Waals surface area contributed by atoms with Crippen molar-refractivity contribution in [3.63, 3.8) is 0 Å². The number of benzene rings is 7. The van der Waals surface area contributed by atoms with Gasteiger partial charge in [0.25, 0.3) is 0 Å². The molecule has 0 radical (unpaired) electrons. The molecule has 0 saturated carbocycles. The lowest BCUT2D eigenvalue weighted by atomic mass is 9.92. The summed E-state index contributed by atoms with van der Waals surface area (Å²) in [5.74, 6) is 0.719. The lowest BCUT2D eigenvalue weighted by Crippen LogP contribution is -1.96. The van der Waals surface area contributed by atoms with Crippen LogP contribution in [-0.2, 0) is 0 Å². The van der Waals surface area contributed by atoms with Crippen LogP contribution in [0.2, 0.25) is 0 Å². The Bertz CT molecular complexity index is 2940. The molecule has 242 valence electrons. The Kier molecular flexibility index (Phi) is 7.10. The lowest BCUT2D eigenvalue weighted by molar-refractivity contribution is 1.23. The van der Waals surface area contributed by atoms with Crippen LogP contribution in [0.3, 0.4) is 0 Å². The van der Waals surface area contributed by atoms with Gasteiger partial charge in [-0.25, -0.2) is 19.9 Å². The highest BCUT2D eigenvalue weighted by molar-refractivity contribution is 6.08. The van der Waals surface area contributed by atoms with E-state index in [1.54, 1.807) is 0 Å². The van der Waals surface area contributed by atoms with Gasteiger partial charge in [-0.3, -0.25) is 0 Å². The predicted molar refractivity (Wildman–Crippen MR) is 215 cm³/mol. The van der Waals surface area contributed by atoms with Crippen LogP contribution in [-0.4, -0.2) is 19.9 Å². The van der Waals surface area contributed by atoms with E-state index < -0.39 is 0 Å². The van der Waals surface area contributed by atoms with Crippen LogP contribution < -0.4 is 0 Å². The minimum absolute atomic E-state index is 0.719. The zero-order valence-corrected chi connectivity index (χ0v) is 28.1. The van der Waals surface area contributed by atoms with E-state index in [0.717, 1.165) is 99.8 Å². The zero-order valence-electron chi connectivity index (χ0n) is 28.1. The summed E-state index contributed by atoms with van der Waals surface area (Å²) in [4.78, 5) is 20.6. The van der Waals surface area contributed by atoms with Gasteiger partial charge in [0.15, 0.2) is 5.82 Å². The van der Waals surface area contributed by atoms with Crippen molar-refractivity contribution in [1.29, 1.82) is 0 Å². The molecule has 0 spiro atoms. The van der Waals surface area contributed by atoms with E-state index in [-0.39, 0.29) is 0 Å². The maximum absolute atomic E-state index is 5.30. The fourth-order valence-electron chi connectivity index (χ4n) is 7.29. The molecule has 4 nitrogen and oxygen atoms in total. The van der Waals surface area contributed by atoms with Crippen molar-refractivity contribution in [2.24, 2.45) is 0 Å². The average Bonchev–Trinajstić information content (AvgIpc) is 3.23. The first-order valence-corrected chi connectivity index (χ1v) is 17.5. The second-order valence-corrected chi connectivity index (χ2v) is 13.0. The molecule has 4 heteroatoms. The molecule has 0 aliphatic rings. The molecule has 0 unspecified atom stereocenters. The fourth-order valence-corrected chi connectivity index (χ4v) is 7.29. The molecule has 7 aromatic carbocycles. The normalized spacial score (nSPS) is 11.5. The summed E-state index contributed by atoms with van der Waals surface area (Å²) < 4.78 is 0. The molecule has 0 aliphatic heterocycles. The molecule has 0 atom stereocenters. The van der Waals surface area contributed by atoms with E-state index in [4.69, 9.17) is 19.9 Å². The molecule has 0 bridgehead atoms. The maximum Gasteiger partial charge on any atom is 0.160 e. The largest absolute Gasteiger partial charge is 0.245 e. The Balaban J connectivity index is 1.12. The van der Waals surface area contributed by atoms with Crippen LogP contribution in [0.1, 0.15) is 0 Å². The quantitative estimate of drug-likeness (QED) is 0.172. The first kappa shape index (κ1) is 29.8. The van der Waals surface area contributed by atoms with Crippen molar-refractivity contribution in [1.82, 2.24) is 19.9 Å². The zero-order chi connectivity index (χ0) is 34.4. The Morgan fingerprint density at radius 3 is 1.54 bits per heavy atom. The summed E-state index contributed by atoms with van der Waals surface area (Å²) in [7, 11) is 0. The number of nitrogens with zero attached hydrogens (tertiary/aromatic N) is 4. The smallest absolute Gasteiger partial charge is 0.160 e. The van der Waals surface area contributed by atoms with Crippen molar-refractivity contribution >= 4 is 43.5 Å². The summed E-state index contributed by atoms with van der Waals surface area (Å²) >= 11 is 0. The molecule has 10 rings (SSSR count). The molecule has 3 heterocycles. The Labute approximate surface area is 300 Å². The number of fused-ring (bicyclic) bond motifs is 5. The minimum atomic E-state index is 0.719. The second kappa shape index (κ2) is 12.4. The van der Waals surface area contributed by atoms with Gasteiger partial charge in [0, 0.05) is 38.4 Å². The molecule has 0 aliphatic carbocycles. The highest BCUT2D eigenvalue weighted by Crippen LogP contribution is 2.39. The van der Waals surface area contributed by atoms with Crippen molar-refractivity contribution < 1.29 is 0 Å². The van der Waals surface area contributed by atoms with E-state index in [2.05, 4.69) is 140 Å². The third kappa shape index (κ3) is 5.17. The van der Waals surface area contributed by atoms with Gasteiger partial charge in [-0.1, -0.05) is 158 Å². The number of aromatic nitrogens is 4. The van der Waals surface area contributed by atoms with Gasteiger partial charge in [-0.05, 0) is 46.2 Å². The van der Waals surface area contributed by atoms with E-state index >= 15 is 0 Å². The molecule has 0 saturated heterocycles. The van der Waals surface area contributed by atoms with Gasteiger partial charge < -0.3 is 0 Å². The topological polar surface area (TPSA) is 51.6 Å². The van der Waals surface area contributed by atoms with E-state index in [0.29, 0.717) is 0 Å². The van der Waals surface area contributed by atoms with Gasteiger partial charge in [0.2, 0.25) is 0 Å². The molecule has 0 fully saturated rings. The fraction of sp³-hybridized carbons (Fsp3) is 0. The monoisotopic (exact) mass is 662 g/mol. The Hall–Kier alpha value is -7.04. The van der Waals surface area contributed by atoms with Crippen molar-refractivity contribution in [2.45, 2.75) is 0 Å². The highest BCUT2D eigenvalue weighted by atomic mass is 14.9. The minimum Gasteiger partial charge on any atom is -0.245 e. The van der Waals surface area contributed by atoms with Crippen LogP contribution in [0.15, 0.2) is 182 Å². The molecular formula is C48H30N4. The molecular weight excluding hydrogens is 633 g/mol. The predicted octanol–water partition coefficient (Wildman–Crippen LogP) is 12.2. The van der Waals surface area contributed by atoms with Crippen molar-refractivity contribution in [2.75, 3.05) is 0 Å². The molecule has 10 aromatic rings. The SMILES string of the molecule is c1ccc(-c2ccc3ccc4ccc(-c5ccc(-c6ccc7nc(-c8ccccc8)nc(-c8ccccc8)c7c6)c6ccccc56)nc4c3n2)cc1. The maximum atomic E-state index is 5.30. The van der Waals surface area contributed by atoms with Gasteiger partial charge in [-0.2, -0.15) is 0 Å². The third-order valence-corrected chi connectivity index (χ3v) is 9.88.